The van der Waals surface area contributed by atoms with Crippen molar-refractivity contribution in [1.82, 2.24) is 14.9 Å². The van der Waals surface area contributed by atoms with Gasteiger partial charge in [-0.25, -0.2) is 4.98 Å². The third-order valence-corrected chi connectivity index (χ3v) is 3.73. The second-order valence-electron chi connectivity index (χ2n) is 5.39. The molecule has 0 bridgehead atoms. The molecule has 5 heteroatoms. The zero-order valence-electron chi connectivity index (χ0n) is 13.0. The molecule has 0 saturated carbocycles. The summed E-state index contributed by atoms with van der Waals surface area (Å²) in [7, 11) is 1.92. The van der Waals surface area contributed by atoms with Gasteiger partial charge in [-0.2, -0.15) is 0 Å². The highest BCUT2D eigenvalue weighted by atomic mass is 16.3. The lowest BCUT2D eigenvalue weighted by atomic mass is 10.1. The molecule has 0 saturated heterocycles. The molecule has 23 heavy (non-hydrogen) atoms. The summed E-state index contributed by atoms with van der Waals surface area (Å²) < 4.78 is 7.19. The van der Waals surface area contributed by atoms with E-state index in [-0.39, 0.29) is 11.9 Å². The second kappa shape index (κ2) is 6.96. The van der Waals surface area contributed by atoms with Crippen LogP contribution < -0.4 is 5.32 Å². The van der Waals surface area contributed by atoms with E-state index in [1.807, 2.05) is 60.3 Å². The van der Waals surface area contributed by atoms with E-state index < -0.39 is 0 Å². The number of nitrogens with one attached hydrogen (secondary N) is 1. The van der Waals surface area contributed by atoms with Crippen LogP contribution in [0.2, 0.25) is 0 Å². The Hall–Kier alpha value is -2.82. The number of hydrogen-bond donors (Lipinski definition) is 1. The summed E-state index contributed by atoms with van der Waals surface area (Å²) >= 11 is 0. The molecule has 0 aliphatic rings. The lowest BCUT2D eigenvalue weighted by Crippen LogP contribution is -2.31. The quantitative estimate of drug-likeness (QED) is 0.761. The van der Waals surface area contributed by atoms with Crippen LogP contribution in [0.3, 0.4) is 0 Å². The maximum absolute atomic E-state index is 12.3. The SMILES string of the molecule is Cn1ccnc1[C@H](NC(=O)CCc1ccco1)c1ccccc1. The summed E-state index contributed by atoms with van der Waals surface area (Å²) in [5.74, 6) is 1.59. The Morgan fingerprint density at radius 3 is 2.74 bits per heavy atom. The van der Waals surface area contributed by atoms with E-state index in [1.165, 1.54) is 0 Å². The number of imidazole rings is 1. The molecule has 3 rings (SSSR count). The Labute approximate surface area is 135 Å². The summed E-state index contributed by atoms with van der Waals surface area (Å²) in [6.45, 7) is 0. The lowest BCUT2D eigenvalue weighted by molar-refractivity contribution is -0.121. The Bertz CT molecular complexity index is 748. The molecular weight excluding hydrogens is 290 g/mol. The molecule has 2 aromatic heterocycles. The predicted octanol–water partition coefficient (Wildman–Crippen LogP) is 2.85. The third kappa shape index (κ3) is 3.69. The van der Waals surface area contributed by atoms with Gasteiger partial charge >= 0.3 is 0 Å². The molecule has 118 valence electrons. The van der Waals surface area contributed by atoms with Gasteiger partial charge < -0.3 is 14.3 Å². The van der Waals surface area contributed by atoms with Crippen molar-refractivity contribution in [3.8, 4) is 0 Å². The van der Waals surface area contributed by atoms with E-state index in [9.17, 15) is 4.79 Å². The van der Waals surface area contributed by atoms with Gasteiger partial charge in [0.15, 0.2) is 0 Å². The molecule has 0 radical (unpaired) electrons. The standard InChI is InChI=1S/C18H19N3O2/c1-21-12-11-19-18(21)17(14-6-3-2-4-7-14)20-16(22)10-9-15-8-5-13-23-15/h2-8,11-13,17H,9-10H2,1H3,(H,20,22)/t17-/m1/s1. The fourth-order valence-corrected chi connectivity index (χ4v) is 2.52. The molecule has 0 spiro atoms. The molecule has 0 aliphatic carbocycles. The van der Waals surface area contributed by atoms with Gasteiger partial charge in [0.2, 0.25) is 5.91 Å². The first kappa shape index (κ1) is 15.1. The van der Waals surface area contributed by atoms with Crippen molar-refractivity contribution in [2.75, 3.05) is 0 Å². The highest BCUT2D eigenvalue weighted by Crippen LogP contribution is 2.20. The topological polar surface area (TPSA) is 60.1 Å². The molecule has 0 fully saturated rings. The second-order valence-corrected chi connectivity index (χ2v) is 5.39. The zero-order valence-corrected chi connectivity index (χ0v) is 13.0. The van der Waals surface area contributed by atoms with E-state index >= 15 is 0 Å². The van der Waals surface area contributed by atoms with Crippen molar-refractivity contribution in [2.45, 2.75) is 18.9 Å². The van der Waals surface area contributed by atoms with Crippen LogP contribution >= 0.6 is 0 Å². The average molecular weight is 309 g/mol. The van der Waals surface area contributed by atoms with Crippen LogP contribution in [-0.4, -0.2) is 15.5 Å². The number of furan rings is 1. The zero-order chi connectivity index (χ0) is 16.1. The molecule has 0 aliphatic heterocycles. The van der Waals surface area contributed by atoms with Crippen molar-refractivity contribution >= 4 is 5.91 Å². The first-order valence-electron chi connectivity index (χ1n) is 7.58. The minimum atomic E-state index is -0.264. The molecule has 0 unspecified atom stereocenters. The number of hydrogen-bond acceptors (Lipinski definition) is 3. The van der Waals surface area contributed by atoms with Crippen molar-refractivity contribution < 1.29 is 9.21 Å². The van der Waals surface area contributed by atoms with Gasteiger partial charge in [-0.3, -0.25) is 4.79 Å². The monoisotopic (exact) mass is 309 g/mol. The first-order valence-corrected chi connectivity index (χ1v) is 7.58. The minimum absolute atomic E-state index is 0.0294. The largest absolute Gasteiger partial charge is 0.469 e. The number of benzene rings is 1. The van der Waals surface area contributed by atoms with Crippen molar-refractivity contribution in [3.05, 3.63) is 78.3 Å². The van der Waals surface area contributed by atoms with E-state index in [0.717, 1.165) is 17.1 Å². The molecule has 3 aromatic rings. The van der Waals surface area contributed by atoms with Crippen LogP contribution in [0.25, 0.3) is 0 Å². The van der Waals surface area contributed by atoms with Crippen LogP contribution in [0.5, 0.6) is 0 Å². The highest BCUT2D eigenvalue weighted by Gasteiger charge is 2.20. The summed E-state index contributed by atoms with van der Waals surface area (Å²) in [6.07, 6.45) is 6.19. The van der Waals surface area contributed by atoms with Crippen LogP contribution in [0.4, 0.5) is 0 Å². The molecular formula is C18H19N3O2. The summed E-state index contributed by atoms with van der Waals surface area (Å²) in [5, 5.41) is 3.08. The Balaban J connectivity index is 1.74. The van der Waals surface area contributed by atoms with Crippen molar-refractivity contribution in [1.29, 1.82) is 0 Å². The molecule has 1 aromatic carbocycles. The first-order chi connectivity index (χ1) is 11.2. The molecule has 1 atom stereocenters. The van der Waals surface area contributed by atoms with E-state index in [1.54, 1.807) is 12.5 Å². The van der Waals surface area contributed by atoms with Crippen LogP contribution in [0.1, 0.15) is 29.6 Å². The van der Waals surface area contributed by atoms with Crippen molar-refractivity contribution in [3.63, 3.8) is 0 Å². The van der Waals surface area contributed by atoms with Gasteiger partial charge in [0.25, 0.3) is 0 Å². The number of nitrogens with zero attached hydrogens (tertiary/aromatic N) is 2. The minimum Gasteiger partial charge on any atom is -0.469 e. The maximum atomic E-state index is 12.3. The lowest BCUT2D eigenvalue weighted by Gasteiger charge is -2.19. The molecule has 2 heterocycles. The van der Waals surface area contributed by atoms with Crippen LogP contribution in [0.15, 0.2) is 65.5 Å². The number of carbonyl (C=O) groups excluding carboxylic acids is 1. The maximum Gasteiger partial charge on any atom is 0.221 e. The normalized spacial score (nSPS) is 12.0. The smallest absolute Gasteiger partial charge is 0.221 e. The van der Waals surface area contributed by atoms with Gasteiger partial charge in [-0.1, -0.05) is 30.3 Å². The number of aryl methyl sites for hydroxylation is 2. The molecule has 1 amide bonds. The number of rotatable bonds is 6. The van der Waals surface area contributed by atoms with Crippen molar-refractivity contribution in [2.24, 2.45) is 7.05 Å². The van der Waals surface area contributed by atoms with E-state index in [0.29, 0.717) is 12.8 Å². The number of carbonyl (C=O) groups is 1. The summed E-state index contributed by atoms with van der Waals surface area (Å²) in [5.41, 5.74) is 1.01. The van der Waals surface area contributed by atoms with Crippen LogP contribution in [-0.2, 0) is 18.3 Å². The molecule has 5 nitrogen and oxygen atoms in total. The fourth-order valence-electron chi connectivity index (χ4n) is 2.52. The van der Waals surface area contributed by atoms with Gasteiger partial charge in [-0.15, -0.1) is 0 Å². The summed E-state index contributed by atoms with van der Waals surface area (Å²) in [4.78, 5) is 16.7. The average Bonchev–Trinajstić information content (AvgIpc) is 3.23. The molecule has 1 N–H and O–H groups in total. The third-order valence-electron chi connectivity index (χ3n) is 3.73. The van der Waals surface area contributed by atoms with Gasteiger partial charge in [0, 0.05) is 32.3 Å². The fraction of sp³-hybridized carbons (Fsp3) is 0.222. The number of aromatic nitrogens is 2. The predicted molar refractivity (Wildman–Crippen MR) is 86.7 cm³/mol. The van der Waals surface area contributed by atoms with Gasteiger partial charge in [0.1, 0.15) is 17.6 Å². The highest BCUT2D eigenvalue weighted by molar-refractivity contribution is 5.77. The van der Waals surface area contributed by atoms with E-state index in [4.69, 9.17) is 4.42 Å². The number of amides is 1. The van der Waals surface area contributed by atoms with Gasteiger partial charge in [-0.05, 0) is 17.7 Å². The summed E-state index contributed by atoms with van der Waals surface area (Å²) in [6, 6.07) is 13.3. The van der Waals surface area contributed by atoms with Gasteiger partial charge in [0.05, 0.1) is 6.26 Å². The Morgan fingerprint density at radius 1 is 1.26 bits per heavy atom. The Kier molecular flexibility index (Phi) is 4.57. The van der Waals surface area contributed by atoms with E-state index in [2.05, 4.69) is 10.3 Å². The van der Waals surface area contributed by atoms with Crippen LogP contribution in [0, 0.1) is 0 Å². The Morgan fingerprint density at radius 2 is 2.09 bits per heavy atom.